The van der Waals surface area contributed by atoms with E-state index in [0.717, 1.165) is 32.1 Å². The van der Waals surface area contributed by atoms with Crippen LogP contribution in [-0.4, -0.2) is 46.1 Å². The number of nitrogens with one attached hydrogen (secondary N) is 1. The van der Waals surface area contributed by atoms with E-state index in [4.69, 9.17) is 0 Å². The minimum Gasteiger partial charge on any atom is -0.394 e. The molecule has 0 heterocycles. The number of hydrogen-bond donors (Lipinski definition) is 4. The van der Waals surface area contributed by atoms with Gasteiger partial charge in [0.05, 0.1) is 18.8 Å². The average Bonchev–Trinajstić information content (AvgIpc) is 3.09. The average molecular weight is 682 g/mol. The molecule has 0 saturated carbocycles. The van der Waals surface area contributed by atoms with Crippen LogP contribution in [0.1, 0.15) is 245 Å². The van der Waals surface area contributed by atoms with Crippen molar-refractivity contribution < 1.29 is 20.1 Å². The Labute approximate surface area is 300 Å². The van der Waals surface area contributed by atoms with Gasteiger partial charge in [-0.15, -0.1) is 0 Å². The molecule has 0 aromatic carbocycles. The lowest BCUT2D eigenvalue weighted by Gasteiger charge is -2.26. The van der Waals surface area contributed by atoms with Crippen LogP contribution in [0.25, 0.3) is 0 Å². The monoisotopic (exact) mass is 682 g/mol. The molecule has 0 spiro atoms. The van der Waals surface area contributed by atoms with Crippen LogP contribution in [0.15, 0.2) is 0 Å². The number of unbranched alkanes of at least 4 members (excludes halogenated alkanes) is 32. The van der Waals surface area contributed by atoms with E-state index in [2.05, 4.69) is 19.2 Å². The van der Waals surface area contributed by atoms with Crippen LogP contribution in [-0.2, 0) is 4.79 Å². The Hall–Kier alpha value is -0.650. The molecule has 288 valence electrons. The van der Waals surface area contributed by atoms with Crippen LogP contribution < -0.4 is 5.32 Å². The van der Waals surface area contributed by atoms with E-state index < -0.39 is 18.2 Å². The first-order chi connectivity index (χ1) is 23.6. The largest absolute Gasteiger partial charge is 0.394 e. The molecule has 0 saturated heterocycles. The van der Waals surface area contributed by atoms with Gasteiger partial charge in [0.15, 0.2) is 0 Å². The summed E-state index contributed by atoms with van der Waals surface area (Å²) >= 11 is 0. The van der Waals surface area contributed by atoms with E-state index in [-0.39, 0.29) is 12.5 Å². The molecule has 0 bridgehead atoms. The van der Waals surface area contributed by atoms with Crippen molar-refractivity contribution in [2.45, 2.75) is 263 Å². The zero-order valence-corrected chi connectivity index (χ0v) is 32.6. The van der Waals surface area contributed by atoms with Crippen molar-refractivity contribution in [3.05, 3.63) is 0 Å². The molecule has 5 nitrogen and oxygen atoms in total. The number of aliphatic hydroxyl groups excluding tert-OH is 3. The van der Waals surface area contributed by atoms with E-state index >= 15 is 0 Å². The molecule has 0 aliphatic rings. The summed E-state index contributed by atoms with van der Waals surface area (Å²) in [6, 6.07) is -0.802. The highest BCUT2D eigenvalue weighted by Crippen LogP contribution is 2.17. The molecule has 3 unspecified atom stereocenters. The topological polar surface area (TPSA) is 89.8 Å². The lowest BCUT2D eigenvalue weighted by Crippen LogP contribution is -2.50. The minimum absolute atomic E-state index is 0.140. The molecule has 0 radical (unpaired) electrons. The number of hydrogen-bond acceptors (Lipinski definition) is 4. The number of aliphatic hydroxyl groups is 3. The zero-order valence-electron chi connectivity index (χ0n) is 32.6. The molecule has 0 aliphatic carbocycles. The molecule has 5 heteroatoms. The predicted octanol–water partition coefficient (Wildman–Crippen LogP) is 12.3. The highest BCUT2D eigenvalue weighted by molar-refractivity contribution is 5.76. The second kappa shape index (κ2) is 39.1. The van der Waals surface area contributed by atoms with Crippen LogP contribution in [0, 0.1) is 0 Å². The maximum atomic E-state index is 12.4. The molecule has 3 atom stereocenters. The van der Waals surface area contributed by atoms with Crippen LogP contribution in [0.5, 0.6) is 0 Å². The first kappa shape index (κ1) is 47.4. The molecule has 0 aliphatic heterocycles. The van der Waals surface area contributed by atoms with Gasteiger partial charge in [0, 0.05) is 6.42 Å². The molecule has 0 aromatic rings. The van der Waals surface area contributed by atoms with Gasteiger partial charge in [-0.2, -0.15) is 0 Å². The molecule has 1 amide bonds. The van der Waals surface area contributed by atoms with Crippen LogP contribution in [0.4, 0.5) is 0 Å². The smallest absolute Gasteiger partial charge is 0.220 e. The van der Waals surface area contributed by atoms with E-state index in [0.29, 0.717) is 12.8 Å². The van der Waals surface area contributed by atoms with Gasteiger partial charge in [0.1, 0.15) is 6.10 Å². The van der Waals surface area contributed by atoms with E-state index in [9.17, 15) is 20.1 Å². The Morgan fingerprint density at radius 2 is 0.708 bits per heavy atom. The molecule has 0 aromatic heterocycles. The summed E-state index contributed by atoms with van der Waals surface area (Å²) in [5, 5.41) is 33.5. The van der Waals surface area contributed by atoms with Gasteiger partial charge in [-0.05, 0) is 12.8 Å². The molecule has 0 rings (SSSR count). The molecule has 4 N–H and O–H groups in total. The third-order valence-corrected chi connectivity index (χ3v) is 10.5. The van der Waals surface area contributed by atoms with Crippen LogP contribution >= 0.6 is 0 Å². The predicted molar refractivity (Wildman–Crippen MR) is 209 cm³/mol. The maximum absolute atomic E-state index is 12.4. The highest BCUT2D eigenvalue weighted by Gasteiger charge is 2.26. The fourth-order valence-electron chi connectivity index (χ4n) is 7.05. The third-order valence-electron chi connectivity index (χ3n) is 10.5. The summed E-state index contributed by atoms with van der Waals surface area (Å²) in [6.07, 6.45) is 43.5. The number of carbonyl (C=O) groups is 1. The normalized spacial score (nSPS) is 13.5. The minimum atomic E-state index is -1.13. The standard InChI is InChI=1S/C43H87NO4/c1-3-5-7-9-11-13-15-17-19-21-23-25-27-29-31-33-35-37-41(46)43(48)40(39-45)44-42(47)38-36-34-32-30-28-26-24-22-20-18-16-14-12-10-8-6-4-2/h40-41,43,45-46,48H,3-39H2,1-2H3,(H,44,47). The van der Waals surface area contributed by atoms with Crippen molar-refractivity contribution >= 4 is 5.91 Å². The Morgan fingerprint density at radius 3 is 1.00 bits per heavy atom. The van der Waals surface area contributed by atoms with Crippen molar-refractivity contribution in [1.29, 1.82) is 0 Å². The number of carbonyl (C=O) groups excluding carboxylic acids is 1. The van der Waals surface area contributed by atoms with Gasteiger partial charge in [0.25, 0.3) is 0 Å². The Balaban J connectivity index is 3.59. The first-order valence-electron chi connectivity index (χ1n) is 21.8. The van der Waals surface area contributed by atoms with E-state index in [1.807, 2.05) is 0 Å². The summed E-state index contributed by atoms with van der Waals surface area (Å²) in [5.74, 6) is -0.140. The SMILES string of the molecule is CCCCCCCCCCCCCCCCCCCC(=O)NC(CO)C(O)C(O)CCCCCCCCCCCCCCCCCCC. The fraction of sp³-hybridized carbons (Fsp3) is 0.977. The van der Waals surface area contributed by atoms with Gasteiger partial charge < -0.3 is 20.6 Å². The summed E-state index contributed by atoms with van der Waals surface area (Å²) < 4.78 is 0. The summed E-state index contributed by atoms with van der Waals surface area (Å²) in [4.78, 5) is 12.4. The second-order valence-corrected chi connectivity index (χ2v) is 15.3. The number of rotatable bonds is 40. The van der Waals surface area contributed by atoms with Gasteiger partial charge >= 0.3 is 0 Å². The summed E-state index contributed by atoms with van der Waals surface area (Å²) in [5.41, 5.74) is 0. The zero-order chi connectivity index (χ0) is 35.2. The number of amides is 1. The van der Waals surface area contributed by atoms with E-state index in [1.54, 1.807) is 0 Å². The van der Waals surface area contributed by atoms with Crippen molar-refractivity contribution in [3.63, 3.8) is 0 Å². The van der Waals surface area contributed by atoms with Gasteiger partial charge in [-0.3, -0.25) is 4.79 Å². The molecular formula is C43H87NO4. The van der Waals surface area contributed by atoms with Gasteiger partial charge in [0.2, 0.25) is 5.91 Å². The summed E-state index contributed by atoms with van der Waals surface area (Å²) in [7, 11) is 0. The van der Waals surface area contributed by atoms with Crippen molar-refractivity contribution in [1.82, 2.24) is 5.32 Å². The van der Waals surface area contributed by atoms with E-state index in [1.165, 1.54) is 186 Å². The lowest BCUT2D eigenvalue weighted by molar-refractivity contribution is -0.124. The van der Waals surface area contributed by atoms with Gasteiger partial charge in [-0.1, -0.05) is 226 Å². The highest BCUT2D eigenvalue weighted by atomic mass is 16.3. The summed E-state index contributed by atoms with van der Waals surface area (Å²) in [6.45, 7) is 4.20. The van der Waals surface area contributed by atoms with Crippen molar-refractivity contribution in [3.8, 4) is 0 Å². The Morgan fingerprint density at radius 1 is 0.438 bits per heavy atom. The van der Waals surface area contributed by atoms with Crippen LogP contribution in [0.2, 0.25) is 0 Å². The lowest BCUT2D eigenvalue weighted by atomic mass is 9.99. The Kier molecular flexibility index (Phi) is 38.6. The van der Waals surface area contributed by atoms with Gasteiger partial charge in [-0.25, -0.2) is 0 Å². The first-order valence-corrected chi connectivity index (χ1v) is 21.8. The quantitative estimate of drug-likeness (QED) is 0.0485. The van der Waals surface area contributed by atoms with Crippen molar-refractivity contribution in [2.24, 2.45) is 0 Å². The third kappa shape index (κ3) is 33.8. The molecular weight excluding hydrogens is 594 g/mol. The fourth-order valence-corrected chi connectivity index (χ4v) is 7.05. The van der Waals surface area contributed by atoms with Crippen molar-refractivity contribution in [2.75, 3.05) is 6.61 Å². The second-order valence-electron chi connectivity index (χ2n) is 15.3. The maximum Gasteiger partial charge on any atom is 0.220 e. The Bertz CT molecular complexity index is 630. The molecule has 0 fully saturated rings. The van der Waals surface area contributed by atoms with Crippen LogP contribution in [0.3, 0.4) is 0 Å². The molecule has 48 heavy (non-hydrogen) atoms.